The molecule has 106 valence electrons. The van der Waals surface area contributed by atoms with Crippen LogP contribution in [0.1, 0.15) is 49.9 Å². The Balaban J connectivity index is 1.94. The Morgan fingerprint density at radius 3 is 1.55 bits per heavy atom. The van der Waals surface area contributed by atoms with E-state index in [0.29, 0.717) is 12.1 Å². The predicted octanol–water partition coefficient (Wildman–Crippen LogP) is 3.48. The van der Waals surface area contributed by atoms with Gasteiger partial charge in [-0.3, -0.25) is 0 Å². The zero-order valence-electron chi connectivity index (χ0n) is 13.1. The number of aryl methyl sites for hydroxylation is 2. The van der Waals surface area contributed by atoms with E-state index in [9.17, 15) is 0 Å². The van der Waals surface area contributed by atoms with Gasteiger partial charge in [-0.25, -0.2) is 9.13 Å². The van der Waals surface area contributed by atoms with Crippen molar-refractivity contribution >= 4 is 0 Å². The first-order chi connectivity index (χ1) is 9.56. The maximum absolute atomic E-state index is 2.32. The molecule has 2 rings (SSSR count). The molecule has 0 fully saturated rings. The third kappa shape index (κ3) is 3.89. The Morgan fingerprint density at radius 1 is 0.800 bits per heavy atom. The molecule has 0 amide bonds. The van der Waals surface area contributed by atoms with E-state index in [-0.39, 0.29) is 0 Å². The van der Waals surface area contributed by atoms with Gasteiger partial charge < -0.3 is 0 Å². The summed E-state index contributed by atoms with van der Waals surface area (Å²) in [6, 6.07) is 9.64. The molecule has 0 bridgehead atoms. The number of pyridine rings is 2. The largest absolute Gasteiger partial charge is 0.203 e. The monoisotopic (exact) mass is 270 g/mol. The fourth-order valence-electron chi connectivity index (χ4n) is 2.56. The Bertz CT molecular complexity index is 511. The maximum Gasteiger partial charge on any atom is 0.171 e. The van der Waals surface area contributed by atoms with E-state index in [2.05, 4.69) is 85.9 Å². The summed E-state index contributed by atoms with van der Waals surface area (Å²) in [5.41, 5.74) is 2.64. The lowest BCUT2D eigenvalue weighted by molar-refractivity contribution is -0.732. The van der Waals surface area contributed by atoms with Crippen molar-refractivity contribution in [2.75, 3.05) is 0 Å². The molecular weight excluding hydrogens is 244 g/mol. The normalized spacial score (nSPS) is 14.0. The second kappa shape index (κ2) is 6.65. The summed E-state index contributed by atoms with van der Waals surface area (Å²) in [5.74, 6) is 0. The van der Waals surface area contributed by atoms with Crippen molar-refractivity contribution in [1.29, 1.82) is 0 Å². The van der Waals surface area contributed by atoms with Crippen LogP contribution in [0, 0.1) is 13.8 Å². The van der Waals surface area contributed by atoms with Crippen molar-refractivity contribution in [2.24, 2.45) is 0 Å². The average molecular weight is 270 g/mol. The third-order valence-corrected chi connectivity index (χ3v) is 3.96. The highest BCUT2D eigenvalue weighted by Crippen LogP contribution is 2.12. The molecule has 2 heteroatoms. The molecule has 0 N–H and O–H groups in total. The second-order valence-corrected chi connectivity index (χ2v) is 5.93. The summed E-state index contributed by atoms with van der Waals surface area (Å²) in [7, 11) is 0. The number of rotatable bonds is 5. The predicted molar refractivity (Wildman–Crippen MR) is 81.4 cm³/mol. The molecule has 2 nitrogen and oxygen atoms in total. The van der Waals surface area contributed by atoms with E-state index in [0.717, 1.165) is 0 Å². The SMILES string of the molecule is Cc1ccc[n+](C(C)CCC(C)[n+]2cccc(C)c2)c1. The van der Waals surface area contributed by atoms with Crippen LogP contribution in [0.15, 0.2) is 49.1 Å². The van der Waals surface area contributed by atoms with Gasteiger partial charge in [0.25, 0.3) is 0 Å². The lowest BCUT2D eigenvalue weighted by atomic mass is 10.1. The number of aromatic nitrogens is 2. The molecule has 20 heavy (non-hydrogen) atoms. The summed E-state index contributed by atoms with van der Waals surface area (Å²) < 4.78 is 4.64. The number of nitrogens with zero attached hydrogens (tertiary/aromatic N) is 2. The molecule has 2 atom stereocenters. The molecule has 0 radical (unpaired) electrons. The van der Waals surface area contributed by atoms with Gasteiger partial charge in [-0.15, -0.1) is 0 Å². The summed E-state index contributed by atoms with van der Waals surface area (Å²) >= 11 is 0. The van der Waals surface area contributed by atoms with Crippen LogP contribution in [0.25, 0.3) is 0 Å². The summed E-state index contributed by atoms with van der Waals surface area (Å²) in [4.78, 5) is 0. The van der Waals surface area contributed by atoms with Crippen molar-refractivity contribution in [3.63, 3.8) is 0 Å². The van der Waals surface area contributed by atoms with E-state index < -0.39 is 0 Å². The minimum atomic E-state index is 0.544. The maximum atomic E-state index is 2.32. The van der Waals surface area contributed by atoms with E-state index in [1.165, 1.54) is 24.0 Å². The molecule has 0 aliphatic rings. The molecule has 0 spiro atoms. The second-order valence-electron chi connectivity index (χ2n) is 5.93. The molecule has 0 aliphatic heterocycles. The van der Waals surface area contributed by atoms with Crippen molar-refractivity contribution in [3.8, 4) is 0 Å². The van der Waals surface area contributed by atoms with Gasteiger partial charge in [0.1, 0.15) is 0 Å². The summed E-state index contributed by atoms with van der Waals surface area (Å²) in [6.45, 7) is 8.89. The summed E-state index contributed by atoms with van der Waals surface area (Å²) in [5, 5.41) is 0. The topological polar surface area (TPSA) is 7.76 Å². The van der Waals surface area contributed by atoms with E-state index in [4.69, 9.17) is 0 Å². The average Bonchev–Trinajstić information content (AvgIpc) is 2.44. The first-order valence-corrected chi connectivity index (χ1v) is 7.51. The molecule has 2 heterocycles. The van der Waals surface area contributed by atoms with Crippen molar-refractivity contribution in [1.82, 2.24) is 0 Å². The van der Waals surface area contributed by atoms with Gasteiger partial charge in [-0.1, -0.05) is 0 Å². The van der Waals surface area contributed by atoms with Crippen molar-refractivity contribution in [3.05, 3.63) is 60.2 Å². The Hall–Kier alpha value is -1.70. The van der Waals surface area contributed by atoms with E-state index in [1.54, 1.807) is 0 Å². The fourth-order valence-corrected chi connectivity index (χ4v) is 2.56. The molecule has 0 saturated heterocycles. The highest BCUT2D eigenvalue weighted by molar-refractivity contribution is 5.02. The van der Waals surface area contributed by atoms with Gasteiger partial charge in [-0.2, -0.15) is 0 Å². The molecule has 2 aromatic rings. The molecule has 0 saturated carbocycles. The lowest BCUT2D eigenvalue weighted by Crippen LogP contribution is -2.40. The van der Waals surface area contributed by atoms with Gasteiger partial charge in [0.15, 0.2) is 36.9 Å². The highest BCUT2D eigenvalue weighted by Gasteiger charge is 2.18. The van der Waals surface area contributed by atoms with Crippen LogP contribution in [0.2, 0.25) is 0 Å². The van der Waals surface area contributed by atoms with Crippen LogP contribution >= 0.6 is 0 Å². The van der Waals surface area contributed by atoms with Gasteiger partial charge >= 0.3 is 0 Å². The van der Waals surface area contributed by atoms with Crippen LogP contribution < -0.4 is 9.13 Å². The minimum absolute atomic E-state index is 0.544. The van der Waals surface area contributed by atoms with Crippen molar-refractivity contribution in [2.45, 2.75) is 52.6 Å². The quantitative estimate of drug-likeness (QED) is 0.735. The van der Waals surface area contributed by atoms with Crippen LogP contribution in [0.3, 0.4) is 0 Å². The highest BCUT2D eigenvalue weighted by atomic mass is 15.0. The Labute approximate surface area is 122 Å². The first-order valence-electron chi connectivity index (χ1n) is 7.51. The molecule has 2 aromatic heterocycles. The van der Waals surface area contributed by atoms with Crippen LogP contribution in [0.4, 0.5) is 0 Å². The lowest BCUT2D eigenvalue weighted by Gasteiger charge is -2.10. The van der Waals surface area contributed by atoms with Gasteiger partial charge in [0.05, 0.1) is 0 Å². The first kappa shape index (κ1) is 14.7. The third-order valence-electron chi connectivity index (χ3n) is 3.96. The van der Waals surface area contributed by atoms with E-state index in [1.807, 2.05) is 0 Å². The number of hydrogen-bond donors (Lipinski definition) is 0. The standard InChI is InChI=1S/C18H26N2/c1-15-7-5-11-19(13-15)17(3)9-10-18(4)20-12-6-8-16(2)14-20/h5-8,11-14,17-18H,9-10H2,1-4H3/q+2. The van der Waals surface area contributed by atoms with Crippen molar-refractivity contribution < 1.29 is 9.13 Å². The smallest absolute Gasteiger partial charge is 0.171 e. The minimum Gasteiger partial charge on any atom is -0.203 e. The van der Waals surface area contributed by atoms with Crippen LogP contribution in [0.5, 0.6) is 0 Å². The Kier molecular flexibility index (Phi) is 4.89. The Morgan fingerprint density at radius 2 is 1.20 bits per heavy atom. The molecular formula is C18H26N2+2. The van der Waals surface area contributed by atoms with Gasteiger partial charge in [-0.05, 0) is 39.8 Å². The summed E-state index contributed by atoms with van der Waals surface area (Å²) in [6.07, 6.45) is 11.2. The van der Waals surface area contributed by atoms with Gasteiger partial charge in [0, 0.05) is 36.1 Å². The van der Waals surface area contributed by atoms with Gasteiger partial charge in [0.2, 0.25) is 0 Å². The van der Waals surface area contributed by atoms with Crippen LogP contribution in [-0.2, 0) is 0 Å². The molecule has 2 unspecified atom stereocenters. The zero-order chi connectivity index (χ0) is 14.5. The fraction of sp³-hybridized carbons (Fsp3) is 0.444. The van der Waals surface area contributed by atoms with Crippen LogP contribution in [-0.4, -0.2) is 0 Å². The molecule has 0 aliphatic carbocycles. The zero-order valence-corrected chi connectivity index (χ0v) is 13.1. The number of hydrogen-bond acceptors (Lipinski definition) is 0. The molecule has 0 aromatic carbocycles. The van der Waals surface area contributed by atoms with E-state index >= 15 is 0 Å².